The van der Waals surface area contributed by atoms with E-state index in [4.69, 9.17) is 5.11 Å². The summed E-state index contributed by atoms with van der Waals surface area (Å²) >= 11 is 1.43. The maximum atomic E-state index is 12.8. The monoisotopic (exact) mass is 509 g/mol. The van der Waals surface area contributed by atoms with Gasteiger partial charge >= 0.3 is 6.18 Å². The van der Waals surface area contributed by atoms with Gasteiger partial charge in [-0.1, -0.05) is 50.2 Å². The van der Waals surface area contributed by atoms with E-state index in [9.17, 15) is 22.8 Å². The number of anilines is 1. The molecule has 190 valence electrons. The first-order valence-electron chi connectivity index (χ1n) is 10.9. The number of para-hydroxylation sites is 1. The van der Waals surface area contributed by atoms with Gasteiger partial charge in [0, 0.05) is 29.7 Å². The summed E-state index contributed by atoms with van der Waals surface area (Å²) < 4.78 is 38.5. The molecule has 1 heterocycles. The maximum Gasteiger partial charge on any atom is 0.418 e. The Balaban J connectivity index is 0.000000372. The van der Waals surface area contributed by atoms with Crippen LogP contribution in [0.25, 0.3) is 0 Å². The molecule has 0 spiro atoms. The second-order valence-corrected chi connectivity index (χ2v) is 7.94. The molecule has 0 bridgehead atoms. The summed E-state index contributed by atoms with van der Waals surface area (Å²) in [5.41, 5.74) is 1.16. The number of aromatic nitrogens is 1. The Kier molecular flexibility index (Phi) is 12.7. The summed E-state index contributed by atoms with van der Waals surface area (Å²) in [7, 11) is 0. The number of carbonyl (C=O) groups is 2. The van der Waals surface area contributed by atoms with E-state index < -0.39 is 11.7 Å². The van der Waals surface area contributed by atoms with Gasteiger partial charge in [0.1, 0.15) is 5.69 Å². The molecule has 10 heteroatoms. The Morgan fingerprint density at radius 3 is 2.20 bits per heavy atom. The summed E-state index contributed by atoms with van der Waals surface area (Å²) in [4.78, 5) is 26.3. The molecule has 3 aromatic rings. The number of hydrogen-bond acceptors (Lipinski definition) is 6. The number of aliphatic hydroxyl groups is 1. The second-order valence-electron chi connectivity index (χ2n) is 6.88. The van der Waals surface area contributed by atoms with E-state index in [-0.39, 0.29) is 37.1 Å². The first-order valence-corrected chi connectivity index (χ1v) is 11.8. The third-order valence-electron chi connectivity index (χ3n) is 4.32. The Morgan fingerprint density at radius 2 is 1.69 bits per heavy atom. The molecule has 1 aromatic heterocycles. The standard InChI is InChI=1S/C16H14F3NO.C7H10N2O2S.C2H6/c1-11(21)13-8-6-12(7-9-13)10-20-15-5-3-2-4-14(15)16(17,18)19;1-5-9-6(4-12-5)7(11)8-2-3-10;1-2/h2-9,20H,10H2,1H3;4,10H,2-3H2,1H3,(H,8,11);1-2H3. The number of nitrogens with zero attached hydrogens (tertiary/aromatic N) is 1. The summed E-state index contributed by atoms with van der Waals surface area (Å²) in [5, 5.41) is 16.3. The lowest BCUT2D eigenvalue weighted by atomic mass is 10.1. The molecule has 0 aliphatic heterocycles. The van der Waals surface area contributed by atoms with Crippen LogP contribution in [0, 0.1) is 6.92 Å². The van der Waals surface area contributed by atoms with E-state index in [0.29, 0.717) is 11.3 Å². The van der Waals surface area contributed by atoms with Gasteiger partial charge in [-0.2, -0.15) is 13.2 Å². The minimum Gasteiger partial charge on any atom is -0.395 e. The fourth-order valence-corrected chi connectivity index (χ4v) is 3.26. The van der Waals surface area contributed by atoms with Crippen molar-refractivity contribution in [2.45, 2.75) is 40.4 Å². The Morgan fingerprint density at radius 1 is 1.06 bits per heavy atom. The number of benzene rings is 2. The van der Waals surface area contributed by atoms with Crippen molar-refractivity contribution in [3.05, 3.63) is 81.3 Å². The number of rotatable bonds is 7. The van der Waals surface area contributed by atoms with Gasteiger partial charge in [-0.25, -0.2) is 4.98 Å². The second kappa shape index (κ2) is 14.9. The number of ketones is 1. The predicted octanol–water partition coefficient (Wildman–Crippen LogP) is 5.72. The topological polar surface area (TPSA) is 91.3 Å². The van der Waals surface area contributed by atoms with Crippen LogP contribution >= 0.6 is 11.3 Å². The van der Waals surface area contributed by atoms with Crippen LogP contribution in [-0.2, 0) is 12.7 Å². The molecule has 1 amide bonds. The van der Waals surface area contributed by atoms with Crippen LogP contribution in [0.1, 0.15) is 57.8 Å². The van der Waals surface area contributed by atoms with Gasteiger partial charge in [0.05, 0.1) is 17.2 Å². The van der Waals surface area contributed by atoms with Crippen LogP contribution in [0.15, 0.2) is 53.9 Å². The van der Waals surface area contributed by atoms with E-state index in [1.807, 2.05) is 20.8 Å². The molecule has 6 nitrogen and oxygen atoms in total. The molecule has 0 aliphatic rings. The number of thiazole rings is 1. The Labute approximate surface area is 207 Å². The lowest BCUT2D eigenvalue weighted by Gasteiger charge is -2.14. The van der Waals surface area contributed by atoms with Gasteiger partial charge < -0.3 is 15.7 Å². The molecule has 0 saturated carbocycles. The van der Waals surface area contributed by atoms with Crippen molar-refractivity contribution in [3.8, 4) is 0 Å². The lowest BCUT2D eigenvalue weighted by molar-refractivity contribution is -0.137. The summed E-state index contributed by atoms with van der Waals surface area (Å²) in [6.45, 7) is 7.79. The number of amides is 1. The van der Waals surface area contributed by atoms with Gasteiger partial charge in [0.15, 0.2) is 5.78 Å². The molecule has 3 N–H and O–H groups in total. The van der Waals surface area contributed by atoms with Crippen LogP contribution in [0.3, 0.4) is 0 Å². The average Bonchev–Trinajstić information content (AvgIpc) is 3.29. The van der Waals surface area contributed by atoms with Crippen molar-refractivity contribution < 1.29 is 27.9 Å². The van der Waals surface area contributed by atoms with Gasteiger partial charge in [-0.15, -0.1) is 11.3 Å². The third-order valence-corrected chi connectivity index (χ3v) is 5.10. The minimum absolute atomic E-state index is 0.0423. The number of carbonyl (C=O) groups excluding carboxylic acids is 2. The van der Waals surface area contributed by atoms with Crippen LogP contribution in [0.2, 0.25) is 0 Å². The molecule has 0 unspecified atom stereocenters. The third kappa shape index (κ3) is 10.3. The molecular weight excluding hydrogens is 479 g/mol. The minimum atomic E-state index is -4.39. The van der Waals surface area contributed by atoms with Gasteiger partial charge in [-0.05, 0) is 31.5 Å². The Bertz CT molecular complexity index is 1070. The van der Waals surface area contributed by atoms with Crippen LogP contribution < -0.4 is 10.6 Å². The molecule has 2 aromatic carbocycles. The summed E-state index contributed by atoms with van der Waals surface area (Å²) in [5.74, 6) is -0.273. The van der Waals surface area contributed by atoms with E-state index in [0.717, 1.165) is 16.6 Å². The van der Waals surface area contributed by atoms with E-state index in [1.54, 1.807) is 35.7 Å². The van der Waals surface area contributed by atoms with Crippen LogP contribution in [0.5, 0.6) is 0 Å². The van der Waals surface area contributed by atoms with Crippen molar-refractivity contribution >= 4 is 28.7 Å². The molecule has 0 saturated heterocycles. The molecular formula is C25H30F3N3O3S. The normalized spacial score (nSPS) is 10.3. The molecule has 0 atom stereocenters. The zero-order chi connectivity index (χ0) is 26.4. The summed E-state index contributed by atoms with van der Waals surface area (Å²) in [6, 6.07) is 12.1. The van der Waals surface area contributed by atoms with Gasteiger partial charge in [-0.3, -0.25) is 9.59 Å². The highest BCUT2D eigenvalue weighted by Crippen LogP contribution is 2.34. The lowest BCUT2D eigenvalue weighted by Crippen LogP contribution is -2.26. The first-order chi connectivity index (χ1) is 16.6. The van der Waals surface area contributed by atoms with Crippen LogP contribution in [0.4, 0.5) is 18.9 Å². The zero-order valence-corrected chi connectivity index (χ0v) is 20.9. The molecule has 0 fully saturated rings. The van der Waals surface area contributed by atoms with Crippen molar-refractivity contribution in [2.75, 3.05) is 18.5 Å². The van der Waals surface area contributed by atoms with E-state index in [2.05, 4.69) is 15.6 Å². The SMILES string of the molecule is CC.CC(=O)c1ccc(CNc2ccccc2C(F)(F)F)cc1.Cc1nc(C(=O)NCCO)cs1. The van der Waals surface area contributed by atoms with Crippen molar-refractivity contribution in [2.24, 2.45) is 0 Å². The molecule has 35 heavy (non-hydrogen) atoms. The quantitative estimate of drug-likeness (QED) is 0.355. The largest absolute Gasteiger partial charge is 0.418 e. The number of hydrogen-bond donors (Lipinski definition) is 3. The average molecular weight is 510 g/mol. The van der Waals surface area contributed by atoms with E-state index in [1.165, 1.54) is 30.4 Å². The molecule has 0 aliphatic carbocycles. The highest BCUT2D eigenvalue weighted by atomic mass is 32.1. The fourth-order valence-electron chi connectivity index (χ4n) is 2.67. The van der Waals surface area contributed by atoms with Crippen molar-refractivity contribution in [1.82, 2.24) is 10.3 Å². The number of Topliss-reactive ketones (excluding diaryl/α,β-unsaturated/α-hetero) is 1. The number of alkyl halides is 3. The maximum absolute atomic E-state index is 12.8. The zero-order valence-electron chi connectivity index (χ0n) is 20.1. The summed E-state index contributed by atoms with van der Waals surface area (Å²) in [6.07, 6.45) is -4.39. The number of aryl methyl sites for hydroxylation is 1. The molecule has 0 radical (unpaired) electrons. The van der Waals surface area contributed by atoms with Crippen LogP contribution in [-0.4, -0.2) is 34.9 Å². The van der Waals surface area contributed by atoms with E-state index >= 15 is 0 Å². The van der Waals surface area contributed by atoms with Crippen molar-refractivity contribution in [1.29, 1.82) is 0 Å². The Hall–Kier alpha value is -3.24. The highest BCUT2D eigenvalue weighted by Gasteiger charge is 2.33. The number of halogens is 3. The number of nitrogens with one attached hydrogen (secondary N) is 2. The first kappa shape index (κ1) is 29.8. The fraction of sp³-hybridized carbons (Fsp3) is 0.320. The number of aliphatic hydroxyl groups excluding tert-OH is 1. The van der Waals surface area contributed by atoms with Gasteiger partial charge in [0.2, 0.25) is 0 Å². The predicted molar refractivity (Wildman–Crippen MR) is 133 cm³/mol. The molecule has 3 rings (SSSR count). The van der Waals surface area contributed by atoms with Crippen molar-refractivity contribution in [3.63, 3.8) is 0 Å². The smallest absolute Gasteiger partial charge is 0.395 e. The van der Waals surface area contributed by atoms with Gasteiger partial charge in [0.25, 0.3) is 5.91 Å². The highest BCUT2D eigenvalue weighted by molar-refractivity contribution is 7.09.